The Morgan fingerprint density at radius 2 is 2.00 bits per heavy atom. The van der Waals surface area contributed by atoms with E-state index >= 15 is 0 Å². The molecule has 0 aromatic carbocycles. The van der Waals surface area contributed by atoms with E-state index in [-0.39, 0.29) is 18.4 Å². The number of hydrogen-bond acceptors (Lipinski definition) is 5. The predicted molar refractivity (Wildman–Crippen MR) is 45.2 cm³/mol. The van der Waals surface area contributed by atoms with E-state index in [1.54, 1.807) is 0 Å². The van der Waals surface area contributed by atoms with Gasteiger partial charge in [0.1, 0.15) is 11.8 Å². The first kappa shape index (κ1) is 9.45. The van der Waals surface area contributed by atoms with Crippen LogP contribution in [-0.4, -0.2) is 22.8 Å². The fraction of sp³-hybridized carbons (Fsp3) is 0.222. The van der Waals surface area contributed by atoms with Gasteiger partial charge >= 0.3 is 5.97 Å². The summed E-state index contributed by atoms with van der Waals surface area (Å²) in [6.45, 7) is 0. The van der Waals surface area contributed by atoms with Gasteiger partial charge in [0, 0.05) is 12.8 Å². The van der Waals surface area contributed by atoms with Crippen LogP contribution in [0, 0.1) is 0 Å². The van der Waals surface area contributed by atoms with Crippen molar-refractivity contribution >= 4 is 17.8 Å². The molecule has 15 heavy (non-hydrogen) atoms. The number of furan rings is 1. The van der Waals surface area contributed by atoms with Gasteiger partial charge in [0.2, 0.25) is 0 Å². The zero-order valence-corrected chi connectivity index (χ0v) is 7.63. The molecule has 1 aliphatic rings. The summed E-state index contributed by atoms with van der Waals surface area (Å²) < 4.78 is 4.66. The second-order valence-corrected chi connectivity index (χ2v) is 2.97. The molecule has 6 nitrogen and oxygen atoms in total. The second-order valence-electron chi connectivity index (χ2n) is 2.97. The molecule has 1 saturated heterocycles. The fourth-order valence-corrected chi connectivity index (χ4v) is 1.17. The van der Waals surface area contributed by atoms with E-state index in [9.17, 15) is 14.4 Å². The van der Waals surface area contributed by atoms with Gasteiger partial charge < -0.3 is 9.25 Å². The molecule has 0 spiro atoms. The number of hydroxylamine groups is 2. The van der Waals surface area contributed by atoms with Crippen LogP contribution in [0.5, 0.6) is 0 Å². The smallest absolute Gasteiger partial charge is 0.367 e. The Balaban J connectivity index is 2.06. The van der Waals surface area contributed by atoms with Crippen LogP contribution in [0.1, 0.15) is 23.2 Å². The van der Waals surface area contributed by atoms with Gasteiger partial charge in [-0.3, -0.25) is 9.59 Å². The van der Waals surface area contributed by atoms with Crippen molar-refractivity contribution < 1.29 is 23.6 Å². The molecule has 0 atom stereocenters. The van der Waals surface area contributed by atoms with Crippen LogP contribution >= 0.6 is 0 Å². The highest BCUT2D eigenvalue weighted by Crippen LogP contribution is 2.14. The summed E-state index contributed by atoms with van der Waals surface area (Å²) in [5.74, 6) is -1.79. The Morgan fingerprint density at radius 3 is 2.53 bits per heavy atom. The Bertz CT molecular complexity index is 392. The maximum Gasteiger partial charge on any atom is 0.367 e. The largest absolute Gasteiger partial charge is 0.472 e. The highest BCUT2D eigenvalue weighted by Gasteiger charge is 2.33. The summed E-state index contributed by atoms with van der Waals surface area (Å²) >= 11 is 0. The molecule has 78 valence electrons. The van der Waals surface area contributed by atoms with E-state index in [1.807, 2.05) is 0 Å². The summed E-state index contributed by atoms with van der Waals surface area (Å²) in [5, 5.41) is 0.495. The Kier molecular flexibility index (Phi) is 2.24. The molecule has 2 rings (SSSR count). The van der Waals surface area contributed by atoms with Crippen LogP contribution in [0.25, 0.3) is 0 Å². The van der Waals surface area contributed by atoms with Crippen molar-refractivity contribution in [2.75, 3.05) is 0 Å². The van der Waals surface area contributed by atoms with Gasteiger partial charge in [-0.25, -0.2) is 4.79 Å². The lowest BCUT2D eigenvalue weighted by Crippen LogP contribution is -2.31. The van der Waals surface area contributed by atoms with Crippen molar-refractivity contribution in [3.05, 3.63) is 24.2 Å². The van der Waals surface area contributed by atoms with Gasteiger partial charge in [0.15, 0.2) is 0 Å². The van der Waals surface area contributed by atoms with Crippen LogP contribution < -0.4 is 0 Å². The van der Waals surface area contributed by atoms with E-state index < -0.39 is 17.8 Å². The zero-order valence-electron chi connectivity index (χ0n) is 7.63. The monoisotopic (exact) mass is 209 g/mol. The van der Waals surface area contributed by atoms with Crippen LogP contribution in [0.3, 0.4) is 0 Å². The van der Waals surface area contributed by atoms with Crippen molar-refractivity contribution in [1.29, 1.82) is 0 Å². The number of hydrogen-bond donors (Lipinski definition) is 0. The van der Waals surface area contributed by atoms with Crippen LogP contribution in [0.2, 0.25) is 0 Å². The molecule has 2 amide bonds. The molecule has 1 aliphatic heterocycles. The maximum atomic E-state index is 11.3. The van der Waals surface area contributed by atoms with Gasteiger partial charge in [-0.2, -0.15) is 0 Å². The standard InChI is InChI=1S/C9H7NO5/c11-7-1-2-8(12)10(7)15-9(13)6-3-4-14-5-6/h3-5H,1-2H2. The molecule has 0 radical (unpaired) electrons. The molecule has 1 aromatic rings. The van der Waals surface area contributed by atoms with Gasteiger partial charge in [0.25, 0.3) is 11.8 Å². The number of nitrogens with zero attached hydrogens (tertiary/aromatic N) is 1. The van der Waals surface area contributed by atoms with Gasteiger partial charge in [-0.15, -0.1) is 5.06 Å². The minimum Gasteiger partial charge on any atom is -0.472 e. The first-order valence-corrected chi connectivity index (χ1v) is 4.29. The van der Waals surface area contributed by atoms with E-state index in [0.717, 1.165) is 0 Å². The van der Waals surface area contributed by atoms with E-state index in [2.05, 4.69) is 9.25 Å². The zero-order chi connectivity index (χ0) is 10.8. The van der Waals surface area contributed by atoms with Crippen molar-refractivity contribution in [3.63, 3.8) is 0 Å². The molecule has 0 saturated carbocycles. The van der Waals surface area contributed by atoms with Gasteiger partial charge in [0.05, 0.1) is 6.26 Å². The molecule has 6 heteroatoms. The molecular formula is C9H7NO5. The third kappa shape index (κ3) is 1.74. The third-order valence-electron chi connectivity index (χ3n) is 1.94. The number of rotatable bonds is 2. The van der Waals surface area contributed by atoms with E-state index in [0.29, 0.717) is 5.06 Å². The first-order chi connectivity index (χ1) is 7.18. The number of amides is 2. The predicted octanol–water partition coefficient (Wildman–Crippen LogP) is 0.500. The molecule has 0 unspecified atom stereocenters. The molecule has 1 fully saturated rings. The molecule has 0 N–H and O–H groups in total. The number of carbonyl (C=O) groups is 3. The van der Waals surface area contributed by atoms with Crippen molar-refractivity contribution in [3.8, 4) is 0 Å². The Hall–Kier alpha value is -2.11. The van der Waals surface area contributed by atoms with E-state index in [4.69, 9.17) is 0 Å². The normalized spacial score (nSPS) is 15.9. The topological polar surface area (TPSA) is 76.8 Å². The minimum absolute atomic E-state index is 0.0809. The SMILES string of the molecule is O=C(ON1C(=O)CCC1=O)c1ccoc1. The lowest BCUT2D eigenvalue weighted by Gasteiger charge is -2.11. The van der Waals surface area contributed by atoms with Crippen LogP contribution in [0.15, 0.2) is 23.0 Å². The Labute approximate surface area is 84.4 Å². The van der Waals surface area contributed by atoms with Crippen molar-refractivity contribution in [1.82, 2.24) is 5.06 Å². The summed E-state index contributed by atoms with van der Waals surface area (Å²) in [6.07, 6.45) is 2.63. The molecule has 2 heterocycles. The first-order valence-electron chi connectivity index (χ1n) is 4.29. The lowest BCUT2D eigenvalue weighted by atomic mass is 10.4. The highest BCUT2D eigenvalue weighted by molar-refractivity contribution is 6.02. The van der Waals surface area contributed by atoms with Crippen LogP contribution in [0.4, 0.5) is 0 Å². The summed E-state index contributed by atoms with van der Waals surface area (Å²) in [7, 11) is 0. The summed E-state index contributed by atoms with van der Waals surface area (Å²) in [4.78, 5) is 38.1. The minimum atomic E-state index is -0.785. The molecule has 0 bridgehead atoms. The quantitative estimate of drug-likeness (QED) is 0.663. The second kappa shape index (κ2) is 3.56. The van der Waals surface area contributed by atoms with Crippen LogP contribution in [-0.2, 0) is 14.4 Å². The average molecular weight is 209 g/mol. The molecule has 1 aromatic heterocycles. The lowest BCUT2D eigenvalue weighted by molar-refractivity contribution is -0.172. The van der Waals surface area contributed by atoms with Crippen molar-refractivity contribution in [2.24, 2.45) is 0 Å². The number of carbonyl (C=O) groups excluding carboxylic acids is 3. The summed E-state index contributed by atoms with van der Waals surface area (Å²) in [5.41, 5.74) is 0.155. The third-order valence-corrected chi connectivity index (χ3v) is 1.94. The molecule has 0 aliphatic carbocycles. The molecular weight excluding hydrogens is 202 g/mol. The summed E-state index contributed by atoms with van der Waals surface area (Å²) in [6, 6.07) is 1.38. The van der Waals surface area contributed by atoms with Gasteiger partial charge in [-0.05, 0) is 6.07 Å². The Morgan fingerprint density at radius 1 is 1.33 bits per heavy atom. The average Bonchev–Trinajstić information content (AvgIpc) is 2.82. The van der Waals surface area contributed by atoms with E-state index in [1.165, 1.54) is 18.6 Å². The number of imide groups is 1. The van der Waals surface area contributed by atoms with Gasteiger partial charge in [-0.1, -0.05) is 0 Å². The maximum absolute atomic E-state index is 11.3. The van der Waals surface area contributed by atoms with Crippen molar-refractivity contribution in [2.45, 2.75) is 12.8 Å². The fourth-order valence-electron chi connectivity index (χ4n) is 1.17. The highest BCUT2D eigenvalue weighted by atomic mass is 16.7.